The second-order valence-electron chi connectivity index (χ2n) is 4.66. The van der Waals surface area contributed by atoms with Gasteiger partial charge >= 0.3 is 0 Å². The Morgan fingerprint density at radius 1 is 1.50 bits per heavy atom. The molecule has 0 aromatic rings. The van der Waals surface area contributed by atoms with E-state index in [-0.39, 0.29) is 24.2 Å². The van der Waals surface area contributed by atoms with E-state index >= 15 is 0 Å². The molecule has 0 saturated carbocycles. The van der Waals surface area contributed by atoms with Crippen LogP contribution in [0.25, 0.3) is 0 Å². The van der Waals surface area contributed by atoms with E-state index < -0.39 is 0 Å². The molecule has 3 nitrogen and oxygen atoms in total. The van der Waals surface area contributed by atoms with Crippen LogP contribution in [0.3, 0.4) is 0 Å². The van der Waals surface area contributed by atoms with Crippen LogP contribution in [0.5, 0.6) is 0 Å². The maximum Gasteiger partial charge on any atom is 0.0587 e. The minimum Gasteiger partial charge on any atom is -0.395 e. The summed E-state index contributed by atoms with van der Waals surface area (Å²) in [5.74, 6) is 0. The van der Waals surface area contributed by atoms with Crippen LogP contribution in [-0.2, 0) is 0 Å². The Hall–Kier alpha value is -0.120. The van der Waals surface area contributed by atoms with Crippen molar-refractivity contribution >= 4 is 0 Å². The van der Waals surface area contributed by atoms with E-state index in [0.717, 1.165) is 13.0 Å². The van der Waals surface area contributed by atoms with Crippen molar-refractivity contribution in [3.63, 3.8) is 0 Å². The first-order valence-corrected chi connectivity index (χ1v) is 4.58. The highest BCUT2D eigenvalue weighted by molar-refractivity contribution is 4.93. The molecule has 1 fully saturated rings. The predicted octanol–water partition coefficient (Wildman–Crippen LogP) is 0.179. The molecule has 3 N–H and O–H groups in total. The smallest absolute Gasteiger partial charge is 0.0587 e. The zero-order chi connectivity index (χ0) is 9.35. The zero-order valence-electron chi connectivity index (χ0n) is 8.25. The molecule has 0 aromatic heterocycles. The molecule has 0 aromatic carbocycles. The Kier molecular flexibility index (Phi) is 2.76. The molecule has 12 heavy (non-hydrogen) atoms. The summed E-state index contributed by atoms with van der Waals surface area (Å²) in [7, 11) is 0. The Bertz CT molecular complexity index is 153. The lowest BCUT2D eigenvalue weighted by Gasteiger charge is -2.36. The Labute approximate surface area is 74.5 Å². The Morgan fingerprint density at radius 3 is 2.42 bits per heavy atom. The first kappa shape index (κ1) is 9.96. The van der Waals surface area contributed by atoms with Gasteiger partial charge in [0.1, 0.15) is 0 Å². The van der Waals surface area contributed by atoms with Gasteiger partial charge in [0.15, 0.2) is 0 Å². The molecule has 0 amide bonds. The van der Waals surface area contributed by atoms with E-state index in [1.54, 1.807) is 0 Å². The van der Waals surface area contributed by atoms with Gasteiger partial charge in [-0.05, 0) is 27.2 Å². The highest BCUT2D eigenvalue weighted by Gasteiger charge is 2.35. The highest BCUT2D eigenvalue weighted by atomic mass is 16.3. The summed E-state index contributed by atoms with van der Waals surface area (Å²) >= 11 is 0. The van der Waals surface area contributed by atoms with Gasteiger partial charge in [-0.1, -0.05) is 0 Å². The van der Waals surface area contributed by atoms with E-state index in [4.69, 9.17) is 10.8 Å². The van der Waals surface area contributed by atoms with Gasteiger partial charge in [-0.3, -0.25) is 4.90 Å². The van der Waals surface area contributed by atoms with E-state index in [9.17, 15) is 0 Å². The fourth-order valence-corrected chi connectivity index (χ4v) is 1.95. The van der Waals surface area contributed by atoms with Gasteiger partial charge in [0.25, 0.3) is 0 Å². The SMILES string of the molecule is CC(C)(C)N1C[C@H](N)C[C@H]1CO. The van der Waals surface area contributed by atoms with Gasteiger partial charge in [-0.2, -0.15) is 0 Å². The second-order valence-corrected chi connectivity index (χ2v) is 4.66. The van der Waals surface area contributed by atoms with E-state index in [0.29, 0.717) is 0 Å². The lowest BCUT2D eigenvalue weighted by molar-refractivity contribution is 0.0800. The Balaban J connectivity index is 2.64. The van der Waals surface area contributed by atoms with Crippen LogP contribution in [0, 0.1) is 0 Å². The van der Waals surface area contributed by atoms with Gasteiger partial charge in [-0.25, -0.2) is 0 Å². The minimum atomic E-state index is 0.127. The van der Waals surface area contributed by atoms with Gasteiger partial charge < -0.3 is 10.8 Å². The van der Waals surface area contributed by atoms with Crippen molar-refractivity contribution in [3.8, 4) is 0 Å². The summed E-state index contributed by atoms with van der Waals surface area (Å²) in [6.07, 6.45) is 0.924. The molecule has 1 aliphatic heterocycles. The number of aliphatic hydroxyl groups excluding tert-OH is 1. The van der Waals surface area contributed by atoms with Crippen molar-refractivity contribution in [1.82, 2.24) is 4.90 Å². The van der Waals surface area contributed by atoms with Crippen LogP contribution in [0.4, 0.5) is 0 Å². The first-order chi connectivity index (χ1) is 5.45. The summed E-state index contributed by atoms with van der Waals surface area (Å²) < 4.78 is 0. The lowest BCUT2D eigenvalue weighted by atomic mass is 10.1. The fraction of sp³-hybridized carbons (Fsp3) is 1.00. The highest BCUT2D eigenvalue weighted by Crippen LogP contribution is 2.25. The monoisotopic (exact) mass is 172 g/mol. The number of hydrogen-bond donors (Lipinski definition) is 2. The molecule has 0 bridgehead atoms. The average Bonchev–Trinajstić information content (AvgIpc) is 2.29. The zero-order valence-corrected chi connectivity index (χ0v) is 8.25. The number of nitrogens with zero attached hydrogens (tertiary/aromatic N) is 1. The second kappa shape index (κ2) is 3.32. The molecule has 0 spiro atoms. The number of rotatable bonds is 1. The first-order valence-electron chi connectivity index (χ1n) is 4.58. The average molecular weight is 172 g/mol. The van der Waals surface area contributed by atoms with Crippen LogP contribution in [0.15, 0.2) is 0 Å². The molecule has 1 saturated heterocycles. The third-order valence-corrected chi connectivity index (χ3v) is 2.52. The van der Waals surface area contributed by atoms with Gasteiger partial charge in [-0.15, -0.1) is 0 Å². The van der Waals surface area contributed by atoms with Crippen molar-refractivity contribution in [3.05, 3.63) is 0 Å². The molecular formula is C9H20N2O. The molecule has 0 radical (unpaired) electrons. The van der Waals surface area contributed by atoms with Gasteiger partial charge in [0.2, 0.25) is 0 Å². The molecule has 1 heterocycles. The molecule has 3 heteroatoms. The molecule has 0 unspecified atom stereocenters. The standard InChI is InChI=1S/C9H20N2O/c1-9(2,3)11-5-7(10)4-8(11)6-12/h7-8,12H,4-6,10H2,1-3H3/t7-,8+/m1/s1. The summed E-state index contributed by atoms with van der Waals surface area (Å²) in [4.78, 5) is 2.29. The van der Waals surface area contributed by atoms with Gasteiger partial charge in [0, 0.05) is 24.2 Å². The van der Waals surface area contributed by atoms with Crippen molar-refractivity contribution in [2.75, 3.05) is 13.2 Å². The third-order valence-electron chi connectivity index (χ3n) is 2.52. The van der Waals surface area contributed by atoms with Crippen LogP contribution in [0.1, 0.15) is 27.2 Å². The van der Waals surface area contributed by atoms with Crippen LogP contribution in [0.2, 0.25) is 0 Å². The van der Waals surface area contributed by atoms with Crippen molar-refractivity contribution in [2.45, 2.75) is 44.8 Å². The number of likely N-dealkylation sites (tertiary alicyclic amines) is 1. The van der Waals surface area contributed by atoms with Crippen molar-refractivity contribution in [1.29, 1.82) is 0 Å². The normalized spacial score (nSPS) is 32.8. The maximum absolute atomic E-state index is 9.12. The largest absolute Gasteiger partial charge is 0.395 e. The van der Waals surface area contributed by atoms with Crippen molar-refractivity contribution in [2.24, 2.45) is 5.73 Å². The van der Waals surface area contributed by atoms with E-state index in [1.165, 1.54) is 0 Å². The lowest BCUT2D eigenvalue weighted by Crippen LogP contribution is -2.46. The van der Waals surface area contributed by atoms with Crippen LogP contribution < -0.4 is 5.73 Å². The number of hydrogen-bond acceptors (Lipinski definition) is 3. The van der Waals surface area contributed by atoms with Crippen molar-refractivity contribution < 1.29 is 5.11 Å². The molecule has 2 atom stereocenters. The molecule has 1 aliphatic rings. The fourth-order valence-electron chi connectivity index (χ4n) is 1.95. The number of nitrogens with two attached hydrogens (primary N) is 1. The summed E-state index contributed by atoms with van der Waals surface area (Å²) in [6, 6.07) is 0.501. The minimum absolute atomic E-state index is 0.127. The molecular weight excluding hydrogens is 152 g/mol. The third kappa shape index (κ3) is 1.97. The van der Waals surface area contributed by atoms with Gasteiger partial charge in [0.05, 0.1) is 6.61 Å². The van der Waals surface area contributed by atoms with Crippen LogP contribution >= 0.6 is 0 Å². The summed E-state index contributed by atoms with van der Waals surface area (Å²) in [5, 5.41) is 9.12. The summed E-state index contributed by atoms with van der Waals surface area (Å²) in [5.41, 5.74) is 5.96. The van der Waals surface area contributed by atoms with Crippen LogP contribution in [-0.4, -0.2) is 40.8 Å². The predicted molar refractivity (Wildman–Crippen MR) is 49.9 cm³/mol. The molecule has 0 aliphatic carbocycles. The molecule has 72 valence electrons. The quantitative estimate of drug-likeness (QED) is 0.593. The van der Waals surface area contributed by atoms with E-state index in [2.05, 4.69) is 25.7 Å². The maximum atomic E-state index is 9.12. The Morgan fingerprint density at radius 2 is 2.08 bits per heavy atom. The number of aliphatic hydroxyl groups is 1. The van der Waals surface area contributed by atoms with E-state index in [1.807, 2.05) is 0 Å². The molecule has 1 rings (SSSR count). The topological polar surface area (TPSA) is 49.5 Å². The summed E-state index contributed by atoms with van der Waals surface area (Å²) in [6.45, 7) is 7.62.